The van der Waals surface area contributed by atoms with Gasteiger partial charge in [-0.25, -0.2) is 0 Å². The predicted molar refractivity (Wildman–Crippen MR) is 105 cm³/mol. The van der Waals surface area contributed by atoms with Gasteiger partial charge >= 0.3 is 10.1 Å². The molecule has 0 heterocycles. The van der Waals surface area contributed by atoms with Crippen LogP contribution in [0.25, 0.3) is 6.08 Å². The summed E-state index contributed by atoms with van der Waals surface area (Å²) in [5.41, 5.74) is 0.550. The molecule has 0 fully saturated rings. The normalized spacial score (nSPS) is 11.4. The van der Waals surface area contributed by atoms with Crippen molar-refractivity contribution in [3.8, 4) is 23.0 Å². The van der Waals surface area contributed by atoms with Crippen molar-refractivity contribution in [3.05, 3.63) is 83.9 Å². The molecule has 7 nitrogen and oxygen atoms in total. The maximum absolute atomic E-state index is 12.3. The van der Waals surface area contributed by atoms with Crippen molar-refractivity contribution in [1.82, 2.24) is 0 Å². The van der Waals surface area contributed by atoms with Crippen LogP contribution in [0.4, 0.5) is 0 Å². The monoisotopic (exact) mass is 412 g/mol. The molecular weight excluding hydrogens is 396 g/mol. The lowest BCUT2D eigenvalue weighted by Gasteiger charge is -2.07. The molecule has 0 aromatic heterocycles. The van der Waals surface area contributed by atoms with Crippen molar-refractivity contribution in [2.45, 2.75) is 4.90 Å². The lowest BCUT2D eigenvalue weighted by atomic mass is 10.1. The lowest BCUT2D eigenvalue weighted by Crippen LogP contribution is -2.09. The Morgan fingerprint density at radius 2 is 1.52 bits per heavy atom. The predicted octanol–water partition coefficient (Wildman–Crippen LogP) is 3.47. The SMILES string of the molecule is O=C(C=Cc1cccc(O)c1O)c1ccc(OS(=O)(=O)c2ccc(O)cc2)cc1. The number of phenols is 3. The van der Waals surface area contributed by atoms with Gasteiger partial charge in [0.1, 0.15) is 16.4 Å². The van der Waals surface area contributed by atoms with E-state index in [1.165, 1.54) is 78.9 Å². The van der Waals surface area contributed by atoms with Gasteiger partial charge in [-0.3, -0.25) is 4.79 Å². The number of para-hydroxylation sites is 1. The summed E-state index contributed by atoms with van der Waals surface area (Å²) in [4.78, 5) is 12.1. The number of ketones is 1. The van der Waals surface area contributed by atoms with E-state index in [0.717, 1.165) is 0 Å². The average Bonchev–Trinajstić information content (AvgIpc) is 2.69. The smallest absolute Gasteiger partial charge is 0.339 e. The fourth-order valence-corrected chi connectivity index (χ4v) is 3.34. The van der Waals surface area contributed by atoms with Crippen LogP contribution in [0.2, 0.25) is 0 Å². The molecule has 0 aliphatic rings. The molecule has 0 saturated heterocycles. The zero-order valence-corrected chi connectivity index (χ0v) is 15.7. The van der Waals surface area contributed by atoms with Crippen molar-refractivity contribution in [1.29, 1.82) is 0 Å². The van der Waals surface area contributed by atoms with Crippen LogP contribution in [0.1, 0.15) is 15.9 Å². The highest BCUT2D eigenvalue weighted by Crippen LogP contribution is 2.29. The standard InChI is InChI=1S/C21H16O7S/c22-16-7-11-18(12-8-16)29(26,27)28-17-9-4-14(5-10-17)19(23)13-6-15-2-1-3-20(24)21(15)25/h1-13,22,24-25H. The van der Waals surface area contributed by atoms with Crippen molar-refractivity contribution in [2.24, 2.45) is 0 Å². The molecular formula is C21H16O7S. The second-order valence-electron chi connectivity index (χ2n) is 5.97. The van der Waals surface area contributed by atoms with Crippen LogP contribution in [-0.4, -0.2) is 29.5 Å². The van der Waals surface area contributed by atoms with Gasteiger partial charge in [-0.05, 0) is 66.7 Å². The van der Waals surface area contributed by atoms with Crippen LogP contribution in [0.3, 0.4) is 0 Å². The Morgan fingerprint density at radius 1 is 0.862 bits per heavy atom. The van der Waals surface area contributed by atoms with Crippen molar-refractivity contribution < 1.29 is 32.7 Å². The van der Waals surface area contributed by atoms with E-state index in [1.54, 1.807) is 0 Å². The van der Waals surface area contributed by atoms with E-state index in [2.05, 4.69) is 0 Å². The van der Waals surface area contributed by atoms with E-state index >= 15 is 0 Å². The van der Waals surface area contributed by atoms with E-state index in [4.69, 9.17) is 4.18 Å². The first kappa shape index (κ1) is 20.0. The minimum absolute atomic E-state index is 0.0178. The summed E-state index contributed by atoms with van der Waals surface area (Å²) < 4.78 is 29.5. The molecule has 0 unspecified atom stereocenters. The van der Waals surface area contributed by atoms with Gasteiger partial charge in [0.15, 0.2) is 17.3 Å². The third-order valence-corrected chi connectivity index (χ3v) is 5.19. The molecule has 0 spiro atoms. The molecule has 3 rings (SSSR count). The molecule has 3 aromatic carbocycles. The summed E-state index contributed by atoms with van der Waals surface area (Å²) >= 11 is 0. The Kier molecular flexibility index (Phi) is 5.56. The van der Waals surface area contributed by atoms with E-state index in [9.17, 15) is 28.5 Å². The quantitative estimate of drug-likeness (QED) is 0.245. The molecule has 0 aliphatic carbocycles. The number of rotatable bonds is 6. The summed E-state index contributed by atoms with van der Waals surface area (Å²) in [5, 5.41) is 28.4. The van der Waals surface area contributed by atoms with Crippen LogP contribution in [0.15, 0.2) is 77.7 Å². The number of carbonyl (C=O) groups is 1. The van der Waals surface area contributed by atoms with Gasteiger partial charge in [0.2, 0.25) is 0 Å². The highest BCUT2D eigenvalue weighted by atomic mass is 32.2. The topological polar surface area (TPSA) is 121 Å². The average molecular weight is 412 g/mol. The molecule has 3 N–H and O–H groups in total. The molecule has 148 valence electrons. The van der Waals surface area contributed by atoms with E-state index < -0.39 is 10.1 Å². The molecule has 0 saturated carbocycles. The maximum Gasteiger partial charge on any atom is 0.339 e. The van der Waals surface area contributed by atoms with Crippen molar-refractivity contribution >= 4 is 22.0 Å². The summed E-state index contributed by atoms with van der Waals surface area (Å²) in [6.45, 7) is 0. The third kappa shape index (κ3) is 4.74. The van der Waals surface area contributed by atoms with Crippen molar-refractivity contribution in [2.75, 3.05) is 0 Å². The van der Waals surface area contributed by atoms with Crippen LogP contribution < -0.4 is 4.18 Å². The van der Waals surface area contributed by atoms with Gasteiger partial charge in [-0.1, -0.05) is 12.1 Å². The van der Waals surface area contributed by atoms with Crippen molar-refractivity contribution in [3.63, 3.8) is 0 Å². The number of hydrogen-bond acceptors (Lipinski definition) is 7. The minimum atomic E-state index is -4.08. The molecule has 3 aromatic rings. The molecule has 0 bridgehead atoms. The second-order valence-corrected chi connectivity index (χ2v) is 7.51. The van der Waals surface area contributed by atoms with E-state index in [-0.39, 0.29) is 44.8 Å². The number of allylic oxidation sites excluding steroid dienone is 1. The van der Waals surface area contributed by atoms with E-state index in [1.807, 2.05) is 0 Å². The van der Waals surface area contributed by atoms with E-state index in [0.29, 0.717) is 0 Å². The van der Waals surface area contributed by atoms with Gasteiger partial charge < -0.3 is 19.5 Å². The molecule has 0 amide bonds. The Bertz CT molecular complexity index is 1160. The first-order valence-corrected chi connectivity index (χ1v) is 9.74. The summed E-state index contributed by atoms with van der Waals surface area (Å²) in [7, 11) is -4.08. The number of hydrogen-bond donors (Lipinski definition) is 3. The number of benzene rings is 3. The third-order valence-electron chi connectivity index (χ3n) is 3.93. The van der Waals surface area contributed by atoms with Crippen LogP contribution in [0, 0.1) is 0 Å². The summed E-state index contributed by atoms with van der Waals surface area (Å²) in [5.74, 6) is -1.07. The second kappa shape index (κ2) is 8.07. The van der Waals surface area contributed by atoms with Crippen LogP contribution >= 0.6 is 0 Å². The molecule has 8 heteroatoms. The van der Waals surface area contributed by atoms with Gasteiger partial charge in [0.05, 0.1) is 0 Å². The number of carbonyl (C=O) groups excluding carboxylic acids is 1. The molecule has 0 atom stereocenters. The lowest BCUT2D eigenvalue weighted by molar-refractivity contribution is 0.104. The fraction of sp³-hybridized carbons (Fsp3) is 0. The highest BCUT2D eigenvalue weighted by Gasteiger charge is 2.16. The first-order valence-electron chi connectivity index (χ1n) is 8.33. The Hall–Kier alpha value is -3.78. The van der Waals surface area contributed by atoms with Crippen LogP contribution in [-0.2, 0) is 10.1 Å². The molecule has 0 aliphatic heterocycles. The summed E-state index contributed by atoms with van der Waals surface area (Å²) in [6, 6.07) is 14.7. The minimum Gasteiger partial charge on any atom is -0.508 e. The largest absolute Gasteiger partial charge is 0.508 e. The Labute approximate surface area is 166 Å². The number of phenolic OH excluding ortho intramolecular Hbond substituents is 3. The maximum atomic E-state index is 12.3. The Balaban J connectivity index is 1.72. The van der Waals surface area contributed by atoms with Gasteiger partial charge in [0.25, 0.3) is 0 Å². The van der Waals surface area contributed by atoms with Crippen LogP contribution in [0.5, 0.6) is 23.0 Å². The van der Waals surface area contributed by atoms with Gasteiger partial charge in [0, 0.05) is 11.1 Å². The van der Waals surface area contributed by atoms with Gasteiger partial charge in [-0.2, -0.15) is 8.42 Å². The zero-order chi connectivity index (χ0) is 21.0. The Morgan fingerprint density at radius 3 is 2.17 bits per heavy atom. The number of aromatic hydroxyl groups is 3. The highest BCUT2D eigenvalue weighted by molar-refractivity contribution is 7.87. The fourth-order valence-electron chi connectivity index (χ4n) is 2.41. The summed E-state index contributed by atoms with van der Waals surface area (Å²) in [6.07, 6.45) is 2.58. The van der Waals surface area contributed by atoms with Gasteiger partial charge in [-0.15, -0.1) is 0 Å². The molecule has 0 radical (unpaired) electrons. The first-order chi connectivity index (χ1) is 13.8. The zero-order valence-electron chi connectivity index (χ0n) is 14.9. The molecule has 29 heavy (non-hydrogen) atoms.